The second-order valence-electron chi connectivity index (χ2n) is 5.60. The first-order valence-electron chi connectivity index (χ1n) is 7.16. The molecule has 1 fully saturated rings. The molecule has 1 atom stereocenters. The van der Waals surface area contributed by atoms with Crippen molar-refractivity contribution in [1.82, 2.24) is 19.9 Å². The molecule has 0 aliphatic carbocycles. The Morgan fingerprint density at radius 1 is 1.48 bits per heavy atom. The lowest BCUT2D eigenvalue weighted by Gasteiger charge is -2.21. The first kappa shape index (κ1) is 16.4. The Hall–Kier alpha value is -0.980. The predicted octanol–water partition coefficient (Wildman–Crippen LogP) is 2.70. The summed E-state index contributed by atoms with van der Waals surface area (Å²) in [4.78, 5) is 4.38. The van der Waals surface area contributed by atoms with Crippen LogP contribution in [0.2, 0.25) is 0 Å². The third-order valence-corrected chi connectivity index (χ3v) is 4.81. The number of thioether (sulfide) groups is 1. The molecule has 1 saturated heterocycles. The number of imidazole rings is 1. The number of piperidine rings is 1. The summed E-state index contributed by atoms with van der Waals surface area (Å²) in [7, 11) is 0. The van der Waals surface area contributed by atoms with Crippen molar-refractivity contribution < 1.29 is 0 Å². The van der Waals surface area contributed by atoms with E-state index in [1.54, 1.807) is 0 Å². The topological polar surface area (TPSA) is 68.2 Å². The number of nitrogen functional groups attached to an aromatic ring is 1. The van der Waals surface area contributed by atoms with Gasteiger partial charge in [0, 0.05) is 11.8 Å². The maximum atomic E-state index is 6.12. The minimum absolute atomic E-state index is 0. The van der Waals surface area contributed by atoms with Gasteiger partial charge in [-0.2, -0.15) is 5.10 Å². The molecule has 0 aromatic carbocycles. The fourth-order valence-corrected chi connectivity index (χ4v) is 3.68. The third kappa shape index (κ3) is 3.44. The van der Waals surface area contributed by atoms with Crippen LogP contribution in [0.5, 0.6) is 0 Å². The molecule has 1 aliphatic heterocycles. The highest BCUT2D eigenvalue weighted by Crippen LogP contribution is 2.29. The van der Waals surface area contributed by atoms with Crippen molar-refractivity contribution in [2.24, 2.45) is 0 Å². The molecule has 0 saturated carbocycles. The zero-order chi connectivity index (χ0) is 14.1. The summed E-state index contributed by atoms with van der Waals surface area (Å²) in [5.41, 5.74) is 8.70. The summed E-state index contributed by atoms with van der Waals surface area (Å²) in [6.45, 7) is 6.47. The van der Waals surface area contributed by atoms with E-state index < -0.39 is 0 Å². The number of anilines is 1. The molecular formula is C14H22ClN5S. The lowest BCUT2D eigenvalue weighted by molar-refractivity contribution is 0.531. The van der Waals surface area contributed by atoms with Gasteiger partial charge in [0.1, 0.15) is 5.03 Å². The van der Waals surface area contributed by atoms with Gasteiger partial charge in [-0.15, -0.1) is 12.4 Å². The number of aromatic nitrogens is 3. The lowest BCUT2D eigenvalue weighted by Crippen LogP contribution is -2.31. The minimum Gasteiger partial charge on any atom is -0.396 e. The molecule has 116 valence electrons. The summed E-state index contributed by atoms with van der Waals surface area (Å²) in [5, 5.41) is 9.73. The number of fused-ring (bicyclic) bond motifs is 1. The Kier molecular flexibility index (Phi) is 5.35. The van der Waals surface area contributed by atoms with Crippen LogP contribution < -0.4 is 11.1 Å². The van der Waals surface area contributed by atoms with Crippen molar-refractivity contribution in [2.75, 3.05) is 18.8 Å². The van der Waals surface area contributed by atoms with Gasteiger partial charge >= 0.3 is 0 Å². The number of halogens is 1. The standard InChI is InChI=1S/C14H21N5S.ClH/c1-9(2)12-8-17-14-11(15)6-13(18-19(12)14)20-10-4-3-5-16-7-10;/h6,8-10,16H,3-5,7,15H2,1-2H3;1H. The normalized spacial score (nSPS) is 18.9. The van der Waals surface area contributed by atoms with Gasteiger partial charge in [-0.3, -0.25) is 0 Å². The molecule has 1 aliphatic rings. The molecule has 2 aromatic heterocycles. The Morgan fingerprint density at radius 2 is 2.29 bits per heavy atom. The fourth-order valence-electron chi connectivity index (χ4n) is 2.53. The van der Waals surface area contributed by atoms with Crippen LogP contribution in [-0.4, -0.2) is 32.9 Å². The summed E-state index contributed by atoms with van der Waals surface area (Å²) in [5.74, 6) is 0.383. The van der Waals surface area contributed by atoms with Gasteiger partial charge in [-0.05, 0) is 31.4 Å². The Labute approximate surface area is 135 Å². The van der Waals surface area contributed by atoms with Crippen LogP contribution in [0.3, 0.4) is 0 Å². The minimum atomic E-state index is 0. The zero-order valence-corrected chi connectivity index (χ0v) is 14.0. The molecule has 0 spiro atoms. The number of nitrogens with two attached hydrogens (primary N) is 1. The molecule has 3 N–H and O–H groups in total. The molecule has 0 amide bonds. The summed E-state index contributed by atoms with van der Waals surface area (Å²) in [6, 6.07) is 1.95. The summed E-state index contributed by atoms with van der Waals surface area (Å²) >= 11 is 1.82. The van der Waals surface area contributed by atoms with Crippen LogP contribution in [0.25, 0.3) is 5.65 Å². The number of rotatable bonds is 3. The van der Waals surface area contributed by atoms with Crippen molar-refractivity contribution in [3.63, 3.8) is 0 Å². The van der Waals surface area contributed by atoms with E-state index in [9.17, 15) is 0 Å². The van der Waals surface area contributed by atoms with Crippen molar-refractivity contribution in [2.45, 2.75) is 42.9 Å². The summed E-state index contributed by atoms with van der Waals surface area (Å²) in [6.07, 6.45) is 4.34. The first-order chi connectivity index (χ1) is 9.65. The molecule has 0 bridgehead atoms. The van der Waals surface area contributed by atoms with Gasteiger partial charge in [0.15, 0.2) is 5.65 Å². The van der Waals surface area contributed by atoms with Crippen LogP contribution >= 0.6 is 24.2 Å². The Bertz CT molecular complexity index is 607. The average molecular weight is 328 g/mol. The largest absolute Gasteiger partial charge is 0.396 e. The van der Waals surface area contributed by atoms with Gasteiger partial charge < -0.3 is 11.1 Å². The number of hydrogen-bond donors (Lipinski definition) is 2. The number of nitrogens with zero attached hydrogens (tertiary/aromatic N) is 3. The van der Waals surface area contributed by atoms with Gasteiger partial charge in [0.25, 0.3) is 0 Å². The maximum absolute atomic E-state index is 6.12. The fraction of sp³-hybridized carbons (Fsp3) is 0.571. The number of hydrogen-bond acceptors (Lipinski definition) is 5. The van der Waals surface area contributed by atoms with Gasteiger partial charge in [0.05, 0.1) is 17.6 Å². The quantitative estimate of drug-likeness (QED) is 0.907. The van der Waals surface area contributed by atoms with E-state index in [1.807, 2.05) is 28.5 Å². The van der Waals surface area contributed by atoms with Gasteiger partial charge in [-0.25, -0.2) is 9.50 Å². The van der Waals surface area contributed by atoms with Crippen molar-refractivity contribution in [1.29, 1.82) is 0 Å². The maximum Gasteiger partial charge on any atom is 0.177 e. The number of nitrogens with one attached hydrogen (secondary N) is 1. The molecule has 5 nitrogen and oxygen atoms in total. The van der Waals surface area contributed by atoms with Crippen LogP contribution in [0.1, 0.15) is 38.3 Å². The Morgan fingerprint density at radius 3 is 2.95 bits per heavy atom. The molecule has 3 rings (SSSR count). The van der Waals surface area contributed by atoms with Crippen molar-refractivity contribution in [3.8, 4) is 0 Å². The molecule has 21 heavy (non-hydrogen) atoms. The zero-order valence-electron chi connectivity index (χ0n) is 12.4. The lowest BCUT2D eigenvalue weighted by atomic mass is 10.2. The highest BCUT2D eigenvalue weighted by Gasteiger charge is 2.17. The SMILES string of the molecule is CC(C)c1cnc2c(N)cc(SC3CCCNC3)nn12.Cl. The second kappa shape index (κ2) is 6.85. The smallest absolute Gasteiger partial charge is 0.177 e. The summed E-state index contributed by atoms with van der Waals surface area (Å²) < 4.78 is 1.90. The van der Waals surface area contributed by atoms with E-state index in [1.165, 1.54) is 12.8 Å². The molecule has 1 unspecified atom stereocenters. The first-order valence-corrected chi connectivity index (χ1v) is 8.04. The molecular weight excluding hydrogens is 306 g/mol. The van der Waals surface area contributed by atoms with E-state index in [0.717, 1.165) is 29.5 Å². The van der Waals surface area contributed by atoms with Crippen molar-refractivity contribution in [3.05, 3.63) is 18.0 Å². The Balaban J connectivity index is 0.00000161. The molecule has 3 heterocycles. The van der Waals surface area contributed by atoms with E-state index in [0.29, 0.717) is 16.9 Å². The van der Waals surface area contributed by atoms with Gasteiger partial charge in [-0.1, -0.05) is 25.6 Å². The van der Waals surface area contributed by atoms with Crippen LogP contribution in [0.15, 0.2) is 17.3 Å². The highest BCUT2D eigenvalue weighted by atomic mass is 35.5. The van der Waals surface area contributed by atoms with E-state index in [-0.39, 0.29) is 12.4 Å². The second-order valence-corrected chi connectivity index (χ2v) is 6.92. The molecule has 0 radical (unpaired) electrons. The van der Waals surface area contributed by atoms with Gasteiger partial charge in [0.2, 0.25) is 0 Å². The van der Waals surface area contributed by atoms with E-state index in [4.69, 9.17) is 10.8 Å². The predicted molar refractivity (Wildman–Crippen MR) is 90.5 cm³/mol. The van der Waals surface area contributed by atoms with E-state index >= 15 is 0 Å². The van der Waals surface area contributed by atoms with Crippen LogP contribution in [0.4, 0.5) is 5.69 Å². The van der Waals surface area contributed by atoms with Crippen LogP contribution in [-0.2, 0) is 0 Å². The monoisotopic (exact) mass is 327 g/mol. The van der Waals surface area contributed by atoms with Crippen molar-refractivity contribution >= 4 is 35.5 Å². The molecule has 7 heteroatoms. The van der Waals surface area contributed by atoms with E-state index in [2.05, 4.69) is 24.1 Å². The van der Waals surface area contributed by atoms with Crippen LogP contribution in [0, 0.1) is 0 Å². The average Bonchev–Trinajstić information content (AvgIpc) is 2.84. The third-order valence-electron chi connectivity index (χ3n) is 3.63. The molecule has 2 aromatic rings. The highest BCUT2D eigenvalue weighted by molar-refractivity contribution is 7.99.